The lowest BCUT2D eigenvalue weighted by Gasteiger charge is -2.11. The Kier molecular flexibility index (Phi) is 7.10. The Morgan fingerprint density at radius 1 is 1.05 bits per heavy atom. The fraction of sp³-hybridized carbons (Fsp3) is 0.125. The smallest absolute Gasteiger partial charge is 0.433 e. The SMILES string of the molecule is COc1cccc(-c2cc(C(F)(F)F)n3nc(C(=O)Nc4ncn(Cc5c(Cl)cccc5Cl)n4)c(Cl)c3n2)c1. The fourth-order valence-corrected chi connectivity index (χ4v) is 4.47. The van der Waals surface area contributed by atoms with E-state index in [9.17, 15) is 18.0 Å². The molecule has 1 amide bonds. The summed E-state index contributed by atoms with van der Waals surface area (Å²) in [5.74, 6) is -0.654. The van der Waals surface area contributed by atoms with E-state index in [4.69, 9.17) is 39.5 Å². The predicted molar refractivity (Wildman–Crippen MR) is 139 cm³/mol. The molecule has 0 atom stereocenters. The first-order chi connectivity index (χ1) is 18.5. The number of fused-ring (bicyclic) bond motifs is 1. The number of rotatable bonds is 6. The third-order valence-corrected chi connectivity index (χ3v) is 6.60. The van der Waals surface area contributed by atoms with Crippen molar-refractivity contribution in [1.82, 2.24) is 29.4 Å². The predicted octanol–water partition coefficient (Wildman–Crippen LogP) is 6.28. The molecule has 15 heteroatoms. The van der Waals surface area contributed by atoms with Gasteiger partial charge in [-0.1, -0.05) is 53.0 Å². The zero-order chi connectivity index (χ0) is 27.9. The average Bonchev–Trinajstić information content (AvgIpc) is 3.48. The molecule has 200 valence electrons. The van der Waals surface area contributed by atoms with Crippen LogP contribution in [0.1, 0.15) is 21.7 Å². The number of nitrogens with zero attached hydrogens (tertiary/aromatic N) is 6. The molecule has 39 heavy (non-hydrogen) atoms. The van der Waals surface area contributed by atoms with Crippen LogP contribution in [0, 0.1) is 0 Å². The Hall–Kier alpha value is -3.87. The summed E-state index contributed by atoms with van der Waals surface area (Å²) in [4.78, 5) is 21.2. The van der Waals surface area contributed by atoms with Gasteiger partial charge in [0.05, 0.1) is 19.3 Å². The van der Waals surface area contributed by atoms with Crippen LogP contribution in [0.25, 0.3) is 16.9 Å². The van der Waals surface area contributed by atoms with Crippen molar-refractivity contribution in [3.05, 3.63) is 86.9 Å². The highest BCUT2D eigenvalue weighted by Gasteiger charge is 2.37. The van der Waals surface area contributed by atoms with Gasteiger partial charge in [-0.05, 0) is 30.3 Å². The number of halogens is 6. The third-order valence-electron chi connectivity index (χ3n) is 5.55. The third kappa shape index (κ3) is 5.35. The first-order valence-electron chi connectivity index (χ1n) is 11.0. The molecule has 0 aliphatic rings. The Labute approximate surface area is 233 Å². The van der Waals surface area contributed by atoms with E-state index in [-0.39, 0.29) is 28.9 Å². The summed E-state index contributed by atoms with van der Waals surface area (Å²) in [7, 11) is 1.43. The van der Waals surface area contributed by atoms with E-state index < -0.39 is 23.5 Å². The second-order valence-electron chi connectivity index (χ2n) is 8.07. The van der Waals surface area contributed by atoms with E-state index >= 15 is 0 Å². The highest BCUT2D eigenvalue weighted by atomic mass is 35.5. The number of methoxy groups -OCH3 is 1. The van der Waals surface area contributed by atoms with Crippen LogP contribution < -0.4 is 10.1 Å². The van der Waals surface area contributed by atoms with Gasteiger partial charge in [0.25, 0.3) is 5.91 Å². The van der Waals surface area contributed by atoms with Crippen molar-refractivity contribution >= 4 is 52.3 Å². The summed E-state index contributed by atoms with van der Waals surface area (Å²) < 4.78 is 49.0. The Balaban J connectivity index is 1.48. The summed E-state index contributed by atoms with van der Waals surface area (Å²) in [5, 5.41) is 10.8. The largest absolute Gasteiger partial charge is 0.497 e. The summed E-state index contributed by atoms with van der Waals surface area (Å²) in [6.07, 6.45) is -3.51. The highest BCUT2D eigenvalue weighted by molar-refractivity contribution is 6.37. The maximum absolute atomic E-state index is 14.0. The molecular weight excluding hydrogens is 582 g/mol. The lowest BCUT2D eigenvalue weighted by atomic mass is 10.1. The van der Waals surface area contributed by atoms with Crippen molar-refractivity contribution < 1.29 is 22.7 Å². The number of nitrogens with one attached hydrogen (secondary N) is 1. The van der Waals surface area contributed by atoms with Crippen molar-refractivity contribution in [2.45, 2.75) is 12.7 Å². The number of carbonyl (C=O) groups is 1. The van der Waals surface area contributed by atoms with Crippen LogP contribution in [0.2, 0.25) is 15.1 Å². The molecule has 0 saturated carbocycles. The van der Waals surface area contributed by atoms with Crippen molar-refractivity contribution in [3.8, 4) is 17.0 Å². The van der Waals surface area contributed by atoms with Gasteiger partial charge in [-0.3, -0.25) is 10.1 Å². The van der Waals surface area contributed by atoms with Gasteiger partial charge in [-0.2, -0.15) is 18.3 Å². The van der Waals surface area contributed by atoms with Crippen LogP contribution in [0.4, 0.5) is 19.1 Å². The zero-order valence-corrected chi connectivity index (χ0v) is 21.9. The number of anilines is 1. The minimum Gasteiger partial charge on any atom is -0.497 e. The monoisotopic (exact) mass is 595 g/mol. The summed E-state index contributed by atoms with van der Waals surface area (Å²) >= 11 is 18.7. The summed E-state index contributed by atoms with van der Waals surface area (Å²) in [5.41, 5.74) is -1.14. The number of hydrogen-bond acceptors (Lipinski definition) is 6. The molecule has 0 fully saturated rings. The van der Waals surface area contributed by atoms with Gasteiger partial charge in [-0.25, -0.2) is 19.2 Å². The second kappa shape index (κ2) is 10.4. The van der Waals surface area contributed by atoms with Gasteiger partial charge < -0.3 is 4.74 Å². The molecule has 1 N–H and O–H groups in total. The molecule has 5 aromatic rings. The average molecular weight is 597 g/mol. The van der Waals surface area contributed by atoms with Crippen molar-refractivity contribution in [1.29, 1.82) is 0 Å². The van der Waals surface area contributed by atoms with Gasteiger partial charge in [0.15, 0.2) is 17.0 Å². The maximum Gasteiger partial charge on any atom is 0.433 e. The van der Waals surface area contributed by atoms with Crippen molar-refractivity contribution in [3.63, 3.8) is 0 Å². The molecule has 3 aromatic heterocycles. The minimum atomic E-state index is -4.84. The lowest BCUT2D eigenvalue weighted by Crippen LogP contribution is -2.16. The van der Waals surface area contributed by atoms with Gasteiger partial charge in [0, 0.05) is 21.2 Å². The second-order valence-corrected chi connectivity index (χ2v) is 9.27. The molecule has 9 nitrogen and oxygen atoms in total. The molecule has 0 unspecified atom stereocenters. The quantitative estimate of drug-likeness (QED) is 0.248. The van der Waals surface area contributed by atoms with Crippen LogP contribution in [0.5, 0.6) is 5.75 Å². The normalized spacial score (nSPS) is 11.7. The number of ether oxygens (including phenoxy) is 1. The minimum absolute atomic E-state index is 0.0406. The molecular formula is C24H15Cl3F3N7O2. The van der Waals surface area contributed by atoms with E-state index in [1.807, 2.05) is 0 Å². The molecule has 5 rings (SSSR count). The Bertz CT molecular complexity index is 1700. The molecule has 0 radical (unpaired) electrons. The van der Waals surface area contributed by atoms with Crippen molar-refractivity contribution in [2.75, 3.05) is 12.4 Å². The molecule has 0 bridgehead atoms. The van der Waals surface area contributed by atoms with Crippen LogP contribution in [0.3, 0.4) is 0 Å². The van der Waals surface area contributed by atoms with E-state index in [1.165, 1.54) is 24.2 Å². The molecule has 0 saturated heterocycles. The topological polar surface area (TPSA) is 99.2 Å². The molecule has 0 aliphatic heterocycles. The van der Waals surface area contributed by atoms with Crippen LogP contribution >= 0.6 is 34.8 Å². The van der Waals surface area contributed by atoms with E-state index in [2.05, 4.69) is 25.5 Å². The number of alkyl halides is 3. The van der Waals surface area contributed by atoms with Crippen molar-refractivity contribution in [2.24, 2.45) is 0 Å². The first kappa shape index (κ1) is 26.7. The lowest BCUT2D eigenvalue weighted by molar-refractivity contribution is -0.142. The van der Waals surface area contributed by atoms with Gasteiger partial charge in [0.1, 0.15) is 17.1 Å². The summed E-state index contributed by atoms with van der Waals surface area (Å²) in [6.45, 7) is 0.155. The standard InChI is InChI=1S/C24H15Cl3F3N7O2/c1-39-13-5-2-4-12(8-13)17-9-18(24(28,29)30)37-21(32-17)19(27)20(34-37)22(38)33-23-31-11-36(35-23)10-14-15(25)6-3-7-16(14)26/h2-9,11H,10H2,1H3,(H,33,35,38). The van der Waals surface area contributed by atoms with E-state index in [1.54, 1.807) is 36.4 Å². The molecule has 3 heterocycles. The molecule has 0 aliphatic carbocycles. The highest BCUT2D eigenvalue weighted by Crippen LogP contribution is 2.35. The van der Waals surface area contributed by atoms with Crippen LogP contribution in [0.15, 0.2) is 54.9 Å². The maximum atomic E-state index is 14.0. The number of carbonyl (C=O) groups excluding carboxylic acids is 1. The van der Waals surface area contributed by atoms with E-state index in [0.717, 1.165) is 6.07 Å². The van der Waals surface area contributed by atoms with Crippen LogP contribution in [-0.2, 0) is 12.7 Å². The Morgan fingerprint density at radius 3 is 2.46 bits per heavy atom. The van der Waals surface area contributed by atoms with Crippen LogP contribution in [-0.4, -0.2) is 42.4 Å². The first-order valence-corrected chi connectivity index (χ1v) is 12.1. The number of aromatic nitrogens is 6. The van der Waals surface area contributed by atoms with Gasteiger partial charge >= 0.3 is 6.18 Å². The fourth-order valence-electron chi connectivity index (χ4n) is 3.70. The van der Waals surface area contributed by atoms with Gasteiger partial charge in [-0.15, -0.1) is 5.10 Å². The van der Waals surface area contributed by atoms with E-state index in [0.29, 0.717) is 31.4 Å². The molecule has 2 aromatic carbocycles. The Morgan fingerprint density at radius 2 is 1.77 bits per heavy atom. The zero-order valence-electron chi connectivity index (χ0n) is 19.7. The number of amides is 1. The summed E-state index contributed by atoms with van der Waals surface area (Å²) in [6, 6.07) is 12.2. The van der Waals surface area contributed by atoms with Gasteiger partial charge in [0.2, 0.25) is 5.95 Å². The molecule has 0 spiro atoms. The number of hydrogen-bond donors (Lipinski definition) is 1. The number of benzene rings is 2.